The van der Waals surface area contributed by atoms with Crippen LogP contribution >= 0.6 is 22.7 Å². The minimum absolute atomic E-state index is 0.361. The number of thiophene rings is 1. The normalized spacial score (nSPS) is 15.8. The van der Waals surface area contributed by atoms with Crippen LogP contribution in [0.1, 0.15) is 29.1 Å². The van der Waals surface area contributed by atoms with Gasteiger partial charge in [0.05, 0.1) is 21.7 Å². The number of aryl methyl sites for hydroxylation is 1. The van der Waals surface area contributed by atoms with E-state index in [0.717, 1.165) is 75.2 Å². The van der Waals surface area contributed by atoms with Crippen molar-refractivity contribution >= 4 is 28.6 Å². The predicted molar refractivity (Wildman–Crippen MR) is 122 cm³/mol. The number of guanidine groups is 1. The molecule has 1 aliphatic rings. The van der Waals surface area contributed by atoms with Crippen LogP contribution in [0.25, 0.3) is 10.6 Å². The molecular formula is C21H32N4O2S2. The molecule has 3 rings (SSSR count). The Balaban J connectivity index is 1.38. The number of piperidine rings is 1. The van der Waals surface area contributed by atoms with Gasteiger partial charge in [-0.2, -0.15) is 0 Å². The highest BCUT2D eigenvalue weighted by Crippen LogP contribution is 2.29. The lowest BCUT2D eigenvalue weighted by atomic mass is 10.1. The maximum Gasteiger partial charge on any atom is 0.193 e. The summed E-state index contributed by atoms with van der Waals surface area (Å²) in [4.78, 5) is 14.0. The first-order valence-corrected chi connectivity index (χ1v) is 12.0. The van der Waals surface area contributed by atoms with Crippen LogP contribution in [0.15, 0.2) is 22.5 Å². The van der Waals surface area contributed by atoms with Gasteiger partial charge >= 0.3 is 0 Å². The highest BCUT2D eigenvalue weighted by Gasteiger charge is 2.21. The molecule has 29 heavy (non-hydrogen) atoms. The number of thiazole rings is 1. The molecule has 1 fully saturated rings. The van der Waals surface area contributed by atoms with E-state index in [1.807, 2.05) is 18.4 Å². The Hall–Kier alpha value is -1.48. The van der Waals surface area contributed by atoms with E-state index in [0.29, 0.717) is 6.10 Å². The van der Waals surface area contributed by atoms with Crippen molar-refractivity contribution in [2.45, 2.75) is 38.7 Å². The standard InChI is InChI=1S/C21H32N4O2S2/c1-16-24-19(15-28-16)20-6-5-18(29-20)7-10-23-21(22-2)25-11-8-17(9-12-25)27-14-4-13-26-3/h5-6,15,17H,4,7-14H2,1-3H3,(H,22,23). The number of methoxy groups -OCH3 is 1. The minimum atomic E-state index is 0.361. The van der Waals surface area contributed by atoms with Gasteiger partial charge in [-0.15, -0.1) is 22.7 Å². The lowest BCUT2D eigenvalue weighted by Gasteiger charge is -2.34. The molecule has 0 radical (unpaired) electrons. The zero-order valence-electron chi connectivity index (χ0n) is 17.6. The molecule has 8 heteroatoms. The van der Waals surface area contributed by atoms with E-state index in [1.54, 1.807) is 18.4 Å². The summed E-state index contributed by atoms with van der Waals surface area (Å²) in [5.41, 5.74) is 1.10. The first-order valence-electron chi connectivity index (χ1n) is 10.3. The highest BCUT2D eigenvalue weighted by atomic mass is 32.1. The molecule has 0 unspecified atom stereocenters. The molecule has 0 atom stereocenters. The van der Waals surface area contributed by atoms with Gasteiger partial charge in [-0.1, -0.05) is 0 Å². The van der Waals surface area contributed by atoms with Crippen LogP contribution in [0.3, 0.4) is 0 Å². The SMILES string of the molecule is CN=C(NCCc1ccc(-c2csc(C)n2)s1)N1CCC(OCCCOC)CC1. The van der Waals surface area contributed by atoms with Crippen LogP contribution in [-0.2, 0) is 15.9 Å². The Morgan fingerprint density at radius 1 is 1.31 bits per heavy atom. The fraction of sp³-hybridized carbons (Fsp3) is 0.619. The van der Waals surface area contributed by atoms with Crippen molar-refractivity contribution in [2.24, 2.45) is 4.99 Å². The number of aliphatic imine (C=N–C) groups is 1. The van der Waals surface area contributed by atoms with Crippen molar-refractivity contribution in [2.75, 3.05) is 47.0 Å². The van der Waals surface area contributed by atoms with Crippen molar-refractivity contribution in [3.05, 3.63) is 27.4 Å². The summed E-state index contributed by atoms with van der Waals surface area (Å²) in [5, 5.41) is 6.78. The van der Waals surface area contributed by atoms with Gasteiger partial charge in [0.15, 0.2) is 5.96 Å². The van der Waals surface area contributed by atoms with Gasteiger partial charge in [-0.05, 0) is 44.7 Å². The Morgan fingerprint density at radius 2 is 2.14 bits per heavy atom. The molecule has 1 N–H and O–H groups in total. The summed E-state index contributed by atoms with van der Waals surface area (Å²) in [6, 6.07) is 4.40. The number of rotatable bonds is 9. The van der Waals surface area contributed by atoms with Crippen molar-refractivity contribution < 1.29 is 9.47 Å². The fourth-order valence-electron chi connectivity index (χ4n) is 3.44. The number of hydrogen-bond acceptors (Lipinski definition) is 6. The van der Waals surface area contributed by atoms with Crippen LogP contribution in [-0.4, -0.2) is 69.0 Å². The van der Waals surface area contributed by atoms with E-state index >= 15 is 0 Å². The van der Waals surface area contributed by atoms with E-state index in [4.69, 9.17) is 9.47 Å². The Bertz CT molecular complexity index is 766. The first kappa shape index (κ1) is 22.2. The minimum Gasteiger partial charge on any atom is -0.385 e. The molecule has 1 saturated heterocycles. The molecule has 6 nitrogen and oxygen atoms in total. The van der Waals surface area contributed by atoms with Crippen LogP contribution < -0.4 is 5.32 Å². The van der Waals surface area contributed by atoms with Crippen molar-refractivity contribution in [3.8, 4) is 10.6 Å². The topological polar surface area (TPSA) is 59.0 Å². The molecule has 160 valence electrons. The van der Waals surface area contributed by atoms with E-state index in [2.05, 4.69) is 44.6 Å². The molecule has 0 aliphatic carbocycles. The Morgan fingerprint density at radius 3 is 2.83 bits per heavy atom. The van der Waals surface area contributed by atoms with Crippen LogP contribution in [0.2, 0.25) is 0 Å². The van der Waals surface area contributed by atoms with Crippen LogP contribution in [0.5, 0.6) is 0 Å². The summed E-state index contributed by atoms with van der Waals surface area (Å²) < 4.78 is 11.0. The smallest absolute Gasteiger partial charge is 0.193 e. The highest BCUT2D eigenvalue weighted by molar-refractivity contribution is 7.16. The maximum atomic E-state index is 5.96. The molecule has 2 aromatic heterocycles. The zero-order chi connectivity index (χ0) is 20.5. The lowest BCUT2D eigenvalue weighted by molar-refractivity contribution is 0.00992. The van der Waals surface area contributed by atoms with Gasteiger partial charge in [-0.3, -0.25) is 4.99 Å². The van der Waals surface area contributed by atoms with Gasteiger partial charge in [0.1, 0.15) is 0 Å². The molecule has 0 bridgehead atoms. The van der Waals surface area contributed by atoms with Gasteiger partial charge in [0.2, 0.25) is 0 Å². The average molecular weight is 437 g/mol. The second-order valence-corrected chi connectivity index (χ2v) is 9.38. The van der Waals surface area contributed by atoms with Crippen LogP contribution in [0, 0.1) is 6.92 Å². The van der Waals surface area contributed by atoms with Gasteiger partial charge in [0, 0.05) is 57.3 Å². The molecule has 0 saturated carbocycles. The second-order valence-electron chi connectivity index (χ2n) is 7.15. The van der Waals surface area contributed by atoms with E-state index in [9.17, 15) is 0 Å². The zero-order valence-corrected chi connectivity index (χ0v) is 19.3. The number of aromatic nitrogens is 1. The third kappa shape index (κ3) is 6.77. The van der Waals surface area contributed by atoms with E-state index in [1.165, 1.54) is 9.75 Å². The fourth-order valence-corrected chi connectivity index (χ4v) is 5.10. The number of ether oxygens (including phenoxy) is 2. The summed E-state index contributed by atoms with van der Waals surface area (Å²) >= 11 is 3.53. The molecule has 0 amide bonds. The van der Waals surface area contributed by atoms with Gasteiger partial charge in [0.25, 0.3) is 0 Å². The van der Waals surface area contributed by atoms with Crippen molar-refractivity contribution in [1.29, 1.82) is 0 Å². The number of nitrogens with zero attached hydrogens (tertiary/aromatic N) is 3. The number of hydrogen-bond donors (Lipinski definition) is 1. The van der Waals surface area contributed by atoms with Crippen LogP contribution in [0.4, 0.5) is 0 Å². The first-order chi connectivity index (χ1) is 14.2. The quantitative estimate of drug-likeness (QED) is 0.368. The summed E-state index contributed by atoms with van der Waals surface area (Å²) in [5.74, 6) is 0.995. The summed E-state index contributed by atoms with van der Waals surface area (Å²) in [6.45, 7) is 6.46. The molecule has 0 aromatic carbocycles. The molecule has 3 heterocycles. The van der Waals surface area contributed by atoms with Gasteiger partial charge < -0.3 is 19.7 Å². The molecule has 0 spiro atoms. The third-order valence-electron chi connectivity index (χ3n) is 4.99. The summed E-state index contributed by atoms with van der Waals surface area (Å²) in [7, 11) is 3.60. The Labute approximate surface area is 182 Å². The molecule has 2 aromatic rings. The Kier molecular flexibility index (Phi) is 8.92. The van der Waals surface area contributed by atoms with E-state index in [-0.39, 0.29) is 0 Å². The molecule has 1 aliphatic heterocycles. The monoisotopic (exact) mass is 436 g/mol. The largest absolute Gasteiger partial charge is 0.385 e. The van der Waals surface area contributed by atoms with Gasteiger partial charge in [-0.25, -0.2) is 4.98 Å². The summed E-state index contributed by atoms with van der Waals surface area (Å²) in [6.07, 6.45) is 4.42. The number of nitrogens with one attached hydrogen (secondary N) is 1. The van der Waals surface area contributed by atoms with E-state index < -0.39 is 0 Å². The average Bonchev–Trinajstić information content (AvgIpc) is 3.38. The lowest BCUT2D eigenvalue weighted by Crippen LogP contribution is -2.47. The van der Waals surface area contributed by atoms with Crippen molar-refractivity contribution in [3.63, 3.8) is 0 Å². The second kappa shape index (κ2) is 11.6. The molecular weight excluding hydrogens is 404 g/mol. The third-order valence-corrected chi connectivity index (χ3v) is 6.93. The number of likely N-dealkylation sites (tertiary alicyclic amines) is 1. The van der Waals surface area contributed by atoms with Crippen molar-refractivity contribution in [1.82, 2.24) is 15.2 Å². The predicted octanol–water partition coefficient (Wildman–Crippen LogP) is 3.82. The maximum absolute atomic E-state index is 5.96.